The molecule has 146 valence electrons. The maximum Gasteiger partial charge on any atom is 0.407 e. The molecule has 0 aliphatic carbocycles. The molecule has 8 heteroatoms. The summed E-state index contributed by atoms with van der Waals surface area (Å²) in [6, 6.07) is 8.18. The van der Waals surface area contributed by atoms with Crippen molar-refractivity contribution in [1.29, 1.82) is 0 Å². The lowest BCUT2D eigenvalue weighted by atomic mass is 10.1. The average molecular weight is 376 g/mol. The number of aromatic nitrogens is 2. The summed E-state index contributed by atoms with van der Waals surface area (Å²) in [7, 11) is 1.73. The first-order valence-electron chi connectivity index (χ1n) is 8.94. The van der Waals surface area contributed by atoms with E-state index in [0.717, 1.165) is 24.1 Å². The molecular formula is C19H25FN4O3. The Kier molecular flexibility index (Phi) is 7.79. The second kappa shape index (κ2) is 10.3. The molecule has 0 bridgehead atoms. The van der Waals surface area contributed by atoms with Gasteiger partial charge in [-0.3, -0.25) is 9.89 Å². The summed E-state index contributed by atoms with van der Waals surface area (Å²) >= 11 is 0. The molecule has 0 aliphatic heterocycles. The number of rotatable bonds is 9. The van der Waals surface area contributed by atoms with Gasteiger partial charge in [-0.2, -0.15) is 5.10 Å². The lowest BCUT2D eigenvalue weighted by Gasteiger charge is -2.17. The number of carbonyl (C=O) groups is 2. The van der Waals surface area contributed by atoms with Gasteiger partial charge >= 0.3 is 6.09 Å². The summed E-state index contributed by atoms with van der Waals surface area (Å²) in [6.07, 6.45) is 1.20. The minimum atomic E-state index is -0.513. The van der Waals surface area contributed by atoms with Gasteiger partial charge in [0.1, 0.15) is 5.82 Å². The third kappa shape index (κ3) is 6.73. The Morgan fingerprint density at radius 3 is 2.89 bits per heavy atom. The molecule has 0 unspecified atom stereocenters. The Labute approximate surface area is 157 Å². The minimum absolute atomic E-state index is 0.0446. The number of alkyl carbamates (subject to hydrolysis) is 1. The number of carbonyl (C=O) groups excluding carboxylic acids is 2. The Bertz CT molecular complexity index is 763. The number of ether oxygens (including phenoxy) is 1. The summed E-state index contributed by atoms with van der Waals surface area (Å²) in [6.45, 7) is 2.86. The highest BCUT2D eigenvalue weighted by Gasteiger charge is 2.10. The first-order valence-corrected chi connectivity index (χ1v) is 8.94. The predicted molar refractivity (Wildman–Crippen MR) is 99.6 cm³/mol. The van der Waals surface area contributed by atoms with Crippen molar-refractivity contribution in [1.82, 2.24) is 20.4 Å². The highest BCUT2D eigenvalue weighted by Crippen LogP contribution is 2.19. The number of halogens is 1. The summed E-state index contributed by atoms with van der Waals surface area (Å²) in [4.78, 5) is 24.8. The molecule has 1 heterocycles. The molecule has 0 spiro atoms. The van der Waals surface area contributed by atoms with Crippen LogP contribution >= 0.6 is 0 Å². The van der Waals surface area contributed by atoms with Crippen LogP contribution in [0.5, 0.6) is 0 Å². The van der Waals surface area contributed by atoms with E-state index in [4.69, 9.17) is 4.74 Å². The molecule has 1 aromatic carbocycles. The first kappa shape index (κ1) is 20.4. The molecule has 7 nitrogen and oxygen atoms in total. The summed E-state index contributed by atoms with van der Waals surface area (Å²) in [5.41, 5.74) is 2.34. The zero-order valence-electron chi connectivity index (χ0n) is 15.6. The van der Waals surface area contributed by atoms with Crippen LogP contribution in [0.4, 0.5) is 9.18 Å². The number of aryl methyl sites for hydroxylation is 1. The van der Waals surface area contributed by atoms with Crippen molar-refractivity contribution in [3.8, 4) is 11.3 Å². The van der Waals surface area contributed by atoms with Gasteiger partial charge in [-0.25, -0.2) is 9.18 Å². The molecular weight excluding hydrogens is 351 g/mol. The SMILES string of the molecule is CCOC(=O)NCCC(=O)N(C)CCCc1cc(-c2cccc(F)c2)n[nH]1. The van der Waals surface area contributed by atoms with Crippen LogP contribution in [-0.4, -0.2) is 53.8 Å². The molecule has 2 aromatic rings. The van der Waals surface area contributed by atoms with Gasteiger partial charge < -0.3 is 15.0 Å². The van der Waals surface area contributed by atoms with E-state index in [1.54, 1.807) is 31.0 Å². The van der Waals surface area contributed by atoms with Gasteiger partial charge in [0, 0.05) is 37.8 Å². The number of aromatic amines is 1. The Hall–Kier alpha value is -2.90. The van der Waals surface area contributed by atoms with Gasteiger partial charge in [-0.05, 0) is 38.0 Å². The largest absolute Gasteiger partial charge is 0.450 e. The van der Waals surface area contributed by atoms with Crippen LogP contribution < -0.4 is 5.32 Å². The van der Waals surface area contributed by atoms with E-state index in [9.17, 15) is 14.0 Å². The van der Waals surface area contributed by atoms with Crippen LogP contribution in [0.2, 0.25) is 0 Å². The Morgan fingerprint density at radius 1 is 1.33 bits per heavy atom. The van der Waals surface area contributed by atoms with Crippen molar-refractivity contribution >= 4 is 12.0 Å². The zero-order chi connectivity index (χ0) is 19.6. The quantitative estimate of drug-likeness (QED) is 0.704. The van der Waals surface area contributed by atoms with E-state index in [2.05, 4.69) is 15.5 Å². The van der Waals surface area contributed by atoms with Gasteiger partial charge in [0.05, 0.1) is 12.3 Å². The highest BCUT2D eigenvalue weighted by atomic mass is 19.1. The van der Waals surface area contributed by atoms with Crippen LogP contribution in [-0.2, 0) is 16.0 Å². The van der Waals surface area contributed by atoms with Crippen molar-refractivity contribution in [3.05, 3.63) is 41.8 Å². The number of hydrogen-bond acceptors (Lipinski definition) is 4. The third-order valence-electron chi connectivity index (χ3n) is 4.00. The van der Waals surface area contributed by atoms with Crippen LogP contribution in [0.3, 0.4) is 0 Å². The van der Waals surface area contributed by atoms with Crippen LogP contribution in [0.25, 0.3) is 11.3 Å². The maximum atomic E-state index is 13.3. The zero-order valence-corrected chi connectivity index (χ0v) is 15.6. The molecule has 0 atom stereocenters. The average Bonchev–Trinajstić information content (AvgIpc) is 3.10. The van der Waals surface area contributed by atoms with Crippen molar-refractivity contribution in [3.63, 3.8) is 0 Å². The molecule has 27 heavy (non-hydrogen) atoms. The normalized spacial score (nSPS) is 10.5. The van der Waals surface area contributed by atoms with E-state index in [1.165, 1.54) is 12.1 Å². The second-order valence-corrected chi connectivity index (χ2v) is 6.10. The Morgan fingerprint density at radius 2 is 2.15 bits per heavy atom. The fourth-order valence-electron chi connectivity index (χ4n) is 2.56. The fraction of sp³-hybridized carbons (Fsp3) is 0.421. The topological polar surface area (TPSA) is 87.3 Å². The summed E-state index contributed by atoms with van der Waals surface area (Å²) < 4.78 is 18.0. The number of benzene rings is 1. The fourth-order valence-corrected chi connectivity index (χ4v) is 2.56. The number of hydrogen-bond donors (Lipinski definition) is 2. The predicted octanol–water partition coefficient (Wildman–Crippen LogP) is 2.74. The van der Waals surface area contributed by atoms with E-state index in [-0.39, 0.29) is 24.7 Å². The number of nitrogens with one attached hydrogen (secondary N) is 2. The van der Waals surface area contributed by atoms with Crippen LogP contribution in [0.15, 0.2) is 30.3 Å². The molecule has 2 rings (SSSR count). The van der Waals surface area contributed by atoms with E-state index in [1.807, 2.05) is 6.07 Å². The van der Waals surface area contributed by atoms with Crippen molar-refractivity contribution < 1.29 is 18.7 Å². The highest BCUT2D eigenvalue weighted by molar-refractivity contribution is 5.76. The molecule has 0 fully saturated rings. The van der Waals surface area contributed by atoms with Crippen molar-refractivity contribution in [2.24, 2.45) is 0 Å². The Balaban J connectivity index is 1.71. The standard InChI is InChI=1S/C19H25FN4O3/c1-3-27-19(26)21-10-9-18(25)24(2)11-5-8-16-13-17(23-22-16)14-6-4-7-15(20)12-14/h4,6-7,12-13H,3,5,8-11H2,1-2H3,(H,21,26)(H,22,23). The van der Waals surface area contributed by atoms with E-state index < -0.39 is 6.09 Å². The molecule has 2 amide bonds. The number of amides is 2. The van der Waals surface area contributed by atoms with Crippen molar-refractivity contribution in [2.45, 2.75) is 26.2 Å². The lowest BCUT2D eigenvalue weighted by molar-refractivity contribution is -0.129. The number of nitrogens with zero attached hydrogens (tertiary/aromatic N) is 2. The van der Waals surface area contributed by atoms with Gasteiger partial charge in [-0.15, -0.1) is 0 Å². The van der Waals surface area contributed by atoms with Crippen LogP contribution in [0, 0.1) is 5.82 Å². The van der Waals surface area contributed by atoms with Gasteiger partial charge in [0.15, 0.2) is 0 Å². The first-order chi connectivity index (χ1) is 13.0. The van der Waals surface area contributed by atoms with E-state index >= 15 is 0 Å². The molecule has 0 saturated carbocycles. The van der Waals surface area contributed by atoms with Gasteiger partial charge in [0.2, 0.25) is 5.91 Å². The van der Waals surface area contributed by atoms with Gasteiger partial charge in [-0.1, -0.05) is 12.1 Å². The van der Waals surface area contributed by atoms with E-state index in [0.29, 0.717) is 18.8 Å². The maximum absolute atomic E-state index is 13.3. The second-order valence-electron chi connectivity index (χ2n) is 6.10. The summed E-state index contributed by atoms with van der Waals surface area (Å²) in [5.74, 6) is -0.341. The lowest BCUT2D eigenvalue weighted by Crippen LogP contribution is -2.33. The molecule has 0 saturated heterocycles. The molecule has 0 aliphatic rings. The molecule has 2 N–H and O–H groups in total. The number of H-pyrrole nitrogens is 1. The monoisotopic (exact) mass is 376 g/mol. The molecule has 1 aromatic heterocycles. The van der Waals surface area contributed by atoms with Crippen molar-refractivity contribution in [2.75, 3.05) is 26.7 Å². The summed E-state index contributed by atoms with van der Waals surface area (Å²) in [5, 5.41) is 9.68. The third-order valence-corrected chi connectivity index (χ3v) is 4.00. The minimum Gasteiger partial charge on any atom is -0.450 e. The van der Waals surface area contributed by atoms with Crippen LogP contribution in [0.1, 0.15) is 25.5 Å². The van der Waals surface area contributed by atoms with Gasteiger partial charge in [0.25, 0.3) is 0 Å². The molecule has 0 radical (unpaired) electrons. The smallest absolute Gasteiger partial charge is 0.407 e.